The Morgan fingerprint density at radius 3 is 2.88 bits per heavy atom. The Bertz CT molecular complexity index is 747. The van der Waals surface area contributed by atoms with Crippen LogP contribution in [0, 0.1) is 5.82 Å². The SMILES string of the molecule is CCNC(=O)c1nc2c(cc1Cc1ccc(F)cc1)NC(C)CO2. The van der Waals surface area contributed by atoms with Crippen molar-refractivity contribution in [2.24, 2.45) is 0 Å². The van der Waals surface area contributed by atoms with E-state index in [-0.39, 0.29) is 17.8 Å². The maximum Gasteiger partial charge on any atom is 0.270 e. The average molecular weight is 329 g/mol. The van der Waals surface area contributed by atoms with Gasteiger partial charge >= 0.3 is 0 Å². The molecule has 0 saturated carbocycles. The van der Waals surface area contributed by atoms with Crippen LogP contribution in [-0.4, -0.2) is 30.1 Å². The number of nitrogens with zero attached hydrogens (tertiary/aromatic N) is 1. The molecule has 6 heteroatoms. The number of halogens is 1. The summed E-state index contributed by atoms with van der Waals surface area (Å²) in [5.74, 6) is -0.0769. The molecule has 0 fully saturated rings. The molecule has 1 aromatic heterocycles. The molecule has 2 N–H and O–H groups in total. The van der Waals surface area contributed by atoms with E-state index in [0.29, 0.717) is 31.1 Å². The van der Waals surface area contributed by atoms with Crippen molar-refractivity contribution in [2.45, 2.75) is 26.3 Å². The number of aromatic nitrogens is 1. The quantitative estimate of drug-likeness (QED) is 0.905. The van der Waals surface area contributed by atoms with Gasteiger partial charge < -0.3 is 15.4 Å². The van der Waals surface area contributed by atoms with E-state index in [1.165, 1.54) is 12.1 Å². The average Bonchev–Trinajstić information content (AvgIpc) is 2.56. The number of hydrogen-bond donors (Lipinski definition) is 2. The van der Waals surface area contributed by atoms with Crippen LogP contribution in [-0.2, 0) is 6.42 Å². The highest BCUT2D eigenvalue weighted by Gasteiger charge is 2.22. The smallest absolute Gasteiger partial charge is 0.270 e. The molecule has 0 spiro atoms. The zero-order chi connectivity index (χ0) is 17.1. The number of carbonyl (C=O) groups excluding carboxylic acids is 1. The minimum Gasteiger partial charge on any atom is -0.474 e. The highest BCUT2D eigenvalue weighted by molar-refractivity contribution is 5.94. The highest BCUT2D eigenvalue weighted by atomic mass is 19.1. The predicted molar refractivity (Wildman–Crippen MR) is 90.0 cm³/mol. The van der Waals surface area contributed by atoms with Gasteiger partial charge in [0.05, 0.1) is 11.7 Å². The van der Waals surface area contributed by atoms with E-state index in [1.807, 2.05) is 19.9 Å². The Morgan fingerprint density at radius 1 is 1.42 bits per heavy atom. The number of rotatable bonds is 4. The maximum atomic E-state index is 13.1. The van der Waals surface area contributed by atoms with Crippen LogP contribution < -0.4 is 15.4 Å². The van der Waals surface area contributed by atoms with Gasteiger partial charge in [-0.05, 0) is 49.6 Å². The van der Waals surface area contributed by atoms with Gasteiger partial charge in [-0.1, -0.05) is 12.1 Å². The summed E-state index contributed by atoms with van der Waals surface area (Å²) in [6.07, 6.45) is 0.489. The number of fused-ring (bicyclic) bond motifs is 1. The van der Waals surface area contributed by atoms with Crippen molar-refractivity contribution in [3.05, 3.63) is 53.0 Å². The van der Waals surface area contributed by atoms with Gasteiger partial charge in [0.25, 0.3) is 5.91 Å². The first-order chi connectivity index (χ1) is 11.6. The highest BCUT2D eigenvalue weighted by Crippen LogP contribution is 2.30. The summed E-state index contributed by atoms with van der Waals surface area (Å²) >= 11 is 0. The normalized spacial score (nSPS) is 15.9. The van der Waals surface area contributed by atoms with E-state index >= 15 is 0 Å². The molecule has 126 valence electrons. The van der Waals surface area contributed by atoms with Gasteiger partial charge in [0, 0.05) is 6.54 Å². The zero-order valence-electron chi connectivity index (χ0n) is 13.7. The molecule has 0 saturated heterocycles. The molecule has 1 aliphatic heterocycles. The van der Waals surface area contributed by atoms with E-state index < -0.39 is 0 Å². The molecule has 2 heterocycles. The second-order valence-electron chi connectivity index (χ2n) is 5.87. The second-order valence-corrected chi connectivity index (χ2v) is 5.87. The van der Waals surface area contributed by atoms with Gasteiger partial charge in [-0.25, -0.2) is 9.37 Å². The Hall–Kier alpha value is -2.63. The number of hydrogen-bond acceptors (Lipinski definition) is 4. The monoisotopic (exact) mass is 329 g/mol. The van der Waals surface area contributed by atoms with Gasteiger partial charge in [0.15, 0.2) is 0 Å². The first-order valence-electron chi connectivity index (χ1n) is 8.02. The summed E-state index contributed by atoms with van der Waals surface area (Å²) in [5.41, 5.74) is 2.81. The van der Waals surface area contributed by atoms with Crippen molar-refractivity contribution >= 4 is 11.6 Å². The van der Waals surface area contributed by atoms with Gasteiger partial charge in [0.2, 0.25) is 5.88 Å². The molecule has 2 aromatic rings. The van der Waals surface area contributed by atoms with Crippen molar-refractivity contribution in [2.75, 3.05) is 18.5 Å². The maximum absolute atomic E-state index is 13.1. The molecule has 5 nitrogen and oxygen atoms in total. The molecular formula is C18H20FN3O2. The molecule has 0 aliphatic carbocycles. The largest absolute Gasteiger partial charge is 0.474 e. The van der Waals surface area contributed by atoms with E-state index in [9.17, 15) is 9.18 Å². The molecule has 1 unspecified atom stereocenters. The molecule has 1 aliphatic rings. The molecule has 1 aromatic carbocycles. The number of anilines is 1. The summed E-state index contributed by atoms with van der Waals surface area (Å²) in [7, 11) is 0. The minimum atomic E-state index is -0.282. The van der Waals surface area contributed by atoms with E-state index in [0.717, 1.165) is 16.8 Å². The summed E-state index contributed by atoms with van der Waals surface area (Å²) in [6, 6.07) is 8.32. The summed E-state index contributed by atoms with van der Waals surface area (Å²) in [4.78, 5) is 16.8. The van der Waals surface area contributed by atoms with Gasteiger partial charge in [-0.2, -0.15) is 0 Å². The lowest BCUT2D eigenvalue weighted by molar-refractivity contribution is 0.0948. The van der Waals surface area contributed by atoms with Crippen molar-refractivity contribution in [3.63, 3.8) is 0 Å². The van der Waals surface area contributed by atoms with Crippen LogP contribution in [0.4, 0.5) is 10.1 Å². The van der Waals surface area contributed by atoms with E-state index in [1.54, 1.807) is 12.1 Å². The van der Waals surface area contributed by atoms with Crippen LogP contribution in [0.15, 0.2) is 30.3 Å². The number of amides is 1. The summed E-state index contributed by atoms with van der Waals surface area (Å²) < 4.78 is 18.7. The predicted octanol–water partition coefficient (Wildman–Crippen LogP) is 2.75. The van der Waals surface area contributed by atoms with Crippen molar-refractivity contribution in [1.82, 2.24) is 10.3 Å². The van der Waals surface area contributed by atoms with Crippen LogP contribution in [0.5, 0.6) is 5.88 Å². The Labute approximate surface area is 140 Å². The van der Waals surface area contributed by atoms with Gasteiger partial charge in [0.1, 0.15) is 18.1 Å². The fourth-order valence-corrected chi connectivity index (χ4v) is 2.66. The molecule has 24 heavy (non-hydrogen) atoms. The lowest BCUT2D eigenvalue weighted by atomic mass is 10.0. The lowest BCUT2D eigenvalue weighted by Crippen LogP contribution is -2.31. The first kappa shape index (κ1) is 16.2. The zero-order valence-corrected chi connectivity index (χ0v) is 13.7. The Balaban J connectivity index is 1.99. The standard InChI is InChI=1S/C18H20FN3O2/c1-3-20-17(23)16-13(8-12-4-6-14(19)7-5-12)9-15-18(22-16)24-10-11(2)21-15/h4-7,9,11,21H,3,8,10H2,1-2H3,(H,20,23). The third-order valence-electron chi connectivity index (χ3n) is 3.80. The molecule has 1 amide bonds. The van der Waals surface area contributed by atoms with Gasteiger partial charge in [-0.15, -0.1) is 0 Å². The van der Waals surface area contributed by atoms with Crippen molar-refractivity contribution < 1.29 is 13.9 Å². The van der Waals surface area contributed by atoms with Crippen LogP contribution in [0.25, 0.3) is 0 Å². The topological polar surface area (TPSA) is 63.2 Å². The Morgan fingerprint density at radius 2 is 2.17 bits per heavy atom. The Kier molecular flexibility index (Phi) is 4.64. The van der Waals surface area contributed by atoms with Crippen LogP contribution in [0.1, 0.15) is 35.5 Å². The van der Waals surface area contributed by atoms with Crippen LogP contribution in [0.3, 0.4) is 0 Å². The van der Waals surface area contributed by atoms with E-state index in [2.05, 4.69) is 15.6 Å². The number of pyridine rings is 1. The van der Waals surface area contributed by atoms with Gasteiger partial charge in [-0.3, -0.25) is 4.79 Å². The number of ether oxygens (including phenoxy) is 1. The van der Waals surface area contributed by atoms with E-state index in [4.69, 9.17) is 4.74 Å². The number of benzene rings is 1. The second kappa shape index (κ2) is 6.86. The molecule has 0 bridgehead atoms. The van der Waals surface area contributed by atoms with Crippen molar-refractivity contribution in [1.29, 1.82) is 0 Å². The molecular weight excluding hydrogens is 309 g/mol. The van der Waals surface area contributed by atoms with Crippen molar-refractivity contribution in [3.8, 4) is 5.88 Å². The third kappa shape index (κ3) is 3.48. The minimum absolute atomic E-state index is 0.174. The summed E-state index contributed by atoms with van der Waals surface area (Å²) in [6.45, 7) is 4.89. The van der Waals surface area contributed by atoms with Crippen LogP contribution >= 0.6 is 0 Å². The number of carbonyl (C=O) groups is 1. The fraction of sp³-hybridized carbons (Fsp3) is 0.333. The van der Waals surface area contributed by atoms with Crippen LogP contribution in [0.2, 0.25) is 0 Å². The molecule has 0 radical (unpaired) electrons. The lowest BCUT2D eigenvalue weighted by Gasteiger charge is -2.25. The number of nitrogens with one attached hydrogen (secondary N) is 2. The molecule has 3 rings (SSSR count). The third-order valence-corrected chi connectivity index (χ3v) is 3.80. The summed E-state index contributed by atoms with van der Waals surface area (Å²) in [5, 5.41) is 6.09. The molecule has 1 atom stereocenters. The first-order valence-corrected chi connectivity index (χ1v) is 8.02. The fourth-order valence-electron chi connectivity index (χ4n) is 2.66.